The molecular weight excluding hydrogens is 174 g/mol. The summed E-state index contributed by atoms with van der Waals surface area (Å²) in [5.41, 5.74) is 0. The summed E-state index contributed by atoms with van der Waals surface area (Å²) in [6, 6.07) is 0. The highest BCUT2D eigenvalue weighted by molar-refractivity contribution is 7.99. The number of aliphatic hydroxyl groups is 1. The van der Waals surface area contributed by atoms with E-state index in [1.165, 1.54) is 11.8 Å². The van der Waals surface area contributed by atoms with Gasteiger partial charge in [0.1, 0.15) is 0 Å². The summed E-state index contributed by atoms with van der Waals surface area (Å²) in [6.45, 7) is 0.984. The highest BCUT2D eigenvalue weighted by atomic mass is 32.2. The predicted octanol–water partition coefficient (Wildman–Crippen LogP) is 0.628. The molecule has 0 saturated heterocycles. The average molecular weight is 191 g/mol. The van der Waals surface area contributed by atoms with Crippen LogP contribution in [0.15, 0.2) is 0 Å². The molecule has 12 heavy (non-hydrogen) atoms. The molecule has 72 valence electrons. The summed E-state index contributed by atoms with van der Waals surface area (Å²) in [6.07, 6.45) is 4.68. The normalized spacial score (nSPS) is 9.83. The molecule has 0 heterocycles. The van der Waals surface area contributed by atoms with Gasteiger partial charge >= 0.3 is 0 Å². The van der Waals surface area contributed by atoms with Gasteiger partial charge in [-0.2, -0.15) is 11.8 Å². The van der Waals surface area contributed by atoms with Crippen LogP contribution >= 0.6 is 11.8 Å². The molecule has 0 bridgehead atoms. The number of rotatable bonds is 7. The first-order valence-electron chi connectivity index (χ1n) is 4.17. The largest absolute Gasteiger partial charge is 0.396 e. The van der Waals surface area contributed by atoms with Crippen molar-refractivity contribution in [3.63, 3.8) is 0 Å². The Balaban J connectivity index is 3.03. The summed E-state index contributed by atoms with van der Waals surface area (Å²) >= 11 is 1.53. The van der Waals surface area contributed by atoms with E-state index in [2.05, 4.69) is 5.32 Å². The Labute approximate surface area is 77.9 Å². The van der Waals surface area contributed by atoms with Crippen molar-refractivity contribution in [1.82, 2.24) is 5.32 Å². The first kappa shape index (κ1) is 11.8. The van der Waals surface area contributed by atoms with E-state index < -0.39 is 0 Å². The molecule has 0 unspecified atom stereocenters. The van der Waals surface area contributed by atoms with Crippen LogP contribution in [0.2, 0.25) is 0 Å². The van der Waals surface area contributed by atoms with Crippen molar-refractivity contribution in [2.24, 2.45) is 0 Å². The fourth-order valence-electron chi connectivity index (χ4n) is 0.824. The lowest BCUT2D eigenvalue weighted by Gasteiger charge is -2.02. The second kappa shape index (κ2) is 8.87. The molecule has 1 amide bonds. The zero-order chi connectivity index (χ0) is 9.23. The van der Waals surface area contributed by atoms with Crippen molar-refractivity contribution in [3.8, 4) is 0 Å². The SMILES string of the molecule is CSCC(=O)NCCCCCO. The van der Waals surface area contributed by atoms with E-state index in [0.29, 0.717) is 5.75 Å². The Kier molecular flexibility index (Phi) is 8.71. The van der Waals surface area contributed by atoms with Crippen LogP contribution in [0.3, 0.4) is 0 Å². The maximum Gasteiger partial charge on any atom is 0.229 e. The van der Waals surface area contributed by atoms with Crippen molar-refractivity contribution < 1.29 is 9.90 Å². The summed E-state index contributed by atoms with van der Waals surface area (Å²) in [7, 11) is 0. The molecule has 4 heteroatoms. The smallest absolute Gasteiger partial charge is 0.229 e. The Morgan fingerprint density at radius 3 is 2.75 bits per heavy atom. The Morgan fingerprint density at radius 1 is 1.42 bits per heavy atom. The molecule has 3 nitrogen and oxygen atoms in total. The van der Waals surface area contributed by atoms with Gasteiger partial charge in [0, 0.05) is 13.2 Å². The molecule has 0 spiro atoms. The maximum absolute atomic E-state index is 10.9. The summed E-state index contributed by atoms with van der Waals surface area (Å²) in [5, 5.41) is 11.3. The topological polar surface area (TPSA) is 49.3 Å². The van der Waals surface area contributed by atoms with E-state index in [0.717, 1.165) is 25.8 Å². The van der Waals surface area contributed by atoms with Gasteiger partial charge in [-0.05, 0) is 25.5 Å². The van der Waals surface area contributed by atoms with Gasteiger partial charge < -0.3 is 10.4 Å². The molecule has 2 N–H and O–H groups in total. The lowest BCUT2D eigenvalue weighted by molar-refractivity contribution is -0.118. The van der Waals surface area contributed by atoms with Gasteiger partial charge in [0.2, 0.25) is 5.91 Å². The van der Waals surface area contributed by atoms with E-state index >= 15 is 0 Å². The van der Waals surface area contributed by atoms with Crippen LogP contribution < -0.4 is 5.32 Å². The van der Waals surface area contributed by atoms with E-state index in [4.69, 9.17) is 5.11 Å². The first-order valence-corrected chi connectivity index (χ1v) is 5.57. The lowest BCUT2D eigenvalue weighted by Crippen LogP contribution is -2.25. The Morgan fingerprint density at radius 2 is 2.17 bits per heavy atom. The number of hydrogen-bond donors (Lipinski definition) is 2. The fourth-order valence-corrected chi connectivity index (χ4v) is 1.19. The molecule has 0 aromatic carbocycles. The Bertz CT molecular complexity index is 120. The molecule has 0 aromatic heterocycles. The third-order valence-electron chi connectivity index (χ3n) is 1.43. The van der Waals surface area contributed by atoms with Crippen LogP contribution in [0.1, 0.15) is 19.3 Å². The number of thioether (sulfide) groups is 1. The minimum atomic E-state index is 0.103. The average Bonchev–Trinajstić information content (AvgIpc) is 2.05. The van der Waals surface area contributed by atoms with Crippen molar-refractivity contribution in [1.29, 1.82) is 0 Å². The van der Waals surface area contributed by atoms with Crippen LogP contribution in [0.4, 0.5) is 0 Å². The van der Waals surface area contributed by atoms with Crippen molar-refractivity contribution in [3.05, 3.63) is 0 Å². The van der Waals surface area contributed by atoms with Gasteiger partial charge in [0.15, 0.2) is 0 Å². The van der Waals surface area contributed by atoms with Crippen LogP contribution in [0.25, 0.3) is 0 Å². The van der Waals surface area contributed by atoms with Gasteiger partial charge in [0.25, 0.3) is 0 Å². The monoisotopic (exact) mass is 191 g/mol. The van der Waals surface area contributed by atoms with Gasteiger partial charge in [0.05, 0.1) is 5.75 Å². The van der Waals surface area contributed by atoms with Gasteiger partial charge in [-0.25, -0.2) is 0 Å². The fraction of sp³-hybridized carbons (Fsp3) is 0.875. The standard InChI is InChI=1S/C8H17NO2S/c1-12-7-8(11)9-5-3-2-4-6-10/h10H,2-7H2,1H3,(H,9,11). The molecule has 0 aliphatic heterocycles. The summed E-state index contributed by atoms with van der Waals surface area (Å²) in [4.78, 5) is 10.9. The molecule has 0 atom stereocenters. The van der Waals surface area contributed by atoms with Crippen LogP contribution in [0.5, 0.6) is 0 Å². The molecule has 0 saturated carbocycles. The summed E-state index contributed by atoms with van der Waals surface area (Å²) in [5.74, 6) is 0.645. The zero-order valence-electron chi connectivity index (χ0n) is 7.51. The molecule has 0 aromatic rings. The number of aliphatic hydroxyl groups excluding tert-OH is 1. The maximum atomic E-state index is 10.9. The van der Waals surface area contributed by atoms with Crippen LogP contribution in [0, 0.1) is 0 Å². The summed E-state index contributed by atoms with van der Waals surface area (Å²) < 4.78 is 0. The highest BCUT2D eigenvalue weighted by Crippen LogP contribution is 1.93. The second-order valence-corrected chi connectivity index (χ2v) is 3.43. The van der Waals surface area contributed by atoms with E-state index in [1.807, 2.05) is 6.26 Å². The van der Waals surface area contributed by atoms with Crippen molar-refractivity contribution in [2.75, 3.05) is 25.2 Å². The lowest BCUT2D eigenvalue weighted by atomic mass is 10.2. The number of unbranched alkanes of at least 4 members (excludes halogenated alkanes) is 2. The quantitative estimate of drug-likeness (QED) is 0.580. The molecule has 0 fully saturated rings. The van der Waals surface area contributed by atoms with E-state index in [1.54, 1.807) is 0 Å². The zero-order valence-corrected chi connectivity index (χ0v) is 8.32. The van der Waals surface area contributed by atoms with Crippen LogP contribution in [-0.4, -0.2) is 36.2 Å². The van der Waals surface area contributed by atoms with E-state index in [-0.39, 0.29) is 12.5 Å². The Hall–Kier alpha value is -0.220. The number of carbonyl (C=O) groups excluding carboxylic acids is 1. The second-order valence-electron chi connectivity index (χ2n) is 2.57. The van der Waals surface area contributed by atoms with Gasteiger partial charge in [-0.3, -0.25) is 4.79 Å². The van der Waals surface area contributed by atoms with Crippen molar-refractivity contribution >= 4 is 17.7 Å². The molecule has 0 radical (unpaired) electrons. The molecular formula is C8H17NO2S. The third-order valence-corrected chi connectivity index (χ3v) is 1.98. The van der Waals surface area contributed by atoms with E-state index in [9.17, 15) is 4.79 Å². The number of nitrogens with one attached hydrogen (secondary N) is 1. The highest BCUT2D eigenvalue weighted by Gasteiger charge is 1.96. The van der Waals surface area contributed by atoms with Crippen molar-refractivity contribution in [2.45, 2.75) is 19.3 Å². The van der Waals surface area contributed by atoms with Crippen LogP contribution in [-0.2, 0) is 4.79 Å². The predicted molar refractivity (Wildman–Crippen MR) is 52.3 cm³/mol. The minimum Gasteiger partial charge on any atom is -0.396 e. The number of carbonyl (C=O) groups is 1. The molecule has 0 aliphatic carbocycles. The third kappa shape index (κ3) is 7.88. The van der Waals surface area contributed by atoms with Gasteiger partial charge in [-0.15, -0.1) is 0 Å². The molecule has 0 rings (SSSR count). The number of hydrogen-bond acceptors (Lipinski definition) is 3. The first-order chi connectivity index (χ1) is 5.81. The number of amides is 1. The van der Waals surface area contributed by atoms with Gasteiger partial charge in [-0.1, -0.05) is 0 Å². The minimum absolute atomic E-state index is 0.103. The molecule has 0 aliphatic rings.